The maximum Gasteiger partial charge on any atom is 0.275 e. The van der Waals surface area contributed by atoms with Crippen molar-refractivity contribution >= 4 is 17.4 Å². The fourth-order valence-corrected chi connectivity index (χ4v) is 1.53. The zero-order chi connectivity index (χ0) is 13.8. The van der Waals surface area contributed by atoms with Crippen LogP contribution in [0.5, 0.6) is 0 Å². The Bertz CT molecular complexity index is 594. The van der Waals surface area contributed by atoms with Crippen molar-refractivity contribution in [2.75, 3.05) is 10.7 Å². The second-order valence-electron chi connectivity index (χ2n) is 4.18. The molecule has 4 N–H and O–H groups in total. The van der Waals surface area contributed by atoms with Crippen molar-refractivity contribution < 1.29 is 4.79 Å². The summed E-state index contributed by atoms with van der Waals surface area (Å²) < 4.78 is 0. The summed E-state index contributed by atoms with van der Waals surface area (Å²) >= 11 is 0. The summed E-state index contributed by atoms with van der Waals surface area (Å²) in [6, 6.07) is 5.72. The quantitative estimate of drug-likeness (QED) is 0.574. The highest BCUT2D eigenvalue weighted by Crippen LogP contribution is 2.14. The van der Waals surface area contributed by atoms with Gasteiger partial charge in [0.1, 0.15) is 5.69 Å². The van der Waals surface area contributed by atoms with Gasteiger partial charge in [-0.05, 0) is 37.1 Å². The predicted molar refractivity (Wildman–Crippen MR) is 73.7 cm³/mol. The number of aryl methyl sites for hydroxylation is 2. The summed E-state index contributed by atoms with van der Waals surface area (Å²) in [5.41, 5.74) is 5.61. The van der Waals surface area contributed by atoms with Gasteiger partial charge in [0.2, 0.25) is 0 Å². The highest BCUT2D eigenvalue weighted by molar-refractivity contribution is 6.02. The van der Waals surface area contributed by atoms with Crippen LogP contribution in [0.2, 0.25) is 0 Å². The molecule has 1 amide bonds. The van der Waals surface area contributed by atoms with Crippen LogP contribution in [-0.4, -0.2) is 15.9 Å². The third kappa shape index (κ3) is 3.05. The molecule has 1 aromatic carbocycles. The molecule has 0 aliphatic rings. The highest BCUT2D eigenvalue weighted by Gasteiger charge is 2.08. The van der Waals surface area contributed by atoms with Gasteiger partial charge in [-0.2, -0.15) is 0 Å². The summed E-state index contributed by atoms with van der Waals surface area (Å²) in [6.45, 7) is 4.01. The smallest absolute Gasteiger partial charge is 0.275 e. The number of rotatable bonds is 3. The molecule has 6 nitrogen and oxygen atoms in total. The average Bonchev–Trinajstić information content (AvgIpc) is 2.43. The van der Waals surface area contributed by atoms with Crippen LogP contribution < -0.4 is 16.6 Å². The molecule has 19 heavy (non-hydrogen) atoms. The van der Waals surface area contributed by atoms with Gasteiger partial charge >= 0.3 is 0 Å². The van der Waals surface area contributed by atoms with Gasteiger partial charge in [-0.3, -0.25) is 4.79 Å². The van der Waals surface area contributed by atoms with E-state index in [-0.39, 0.29) is 11.6 Å². The first-order valence-corrected chi connectivity index (χ1v) is 5.77. The SMILES string of the molecule is Cc1ccc(NC(=O)c2cnc(NN)cn2)cc1C. The zero-order valence-corrected chi connectivity index (χ0v) is 10.8. The van der Waals surface area contributed by atoms with Crippen LogP contribution in [0.1, 0.15) is 21.6 Å². The molecule has 0 saturated carbocycles. The van der Waals surface area contributed by atoms with Crippen molar-refractivity contribution in [3.05, 3.63) is 47.4 Å². The molecular weight excluding hydrogens is 242 g/mol. The standard InChI is InChI=1S/C13H15N5O/c1-8-3-4-10(5-9(8)2)17-13(19)11-6-16-12(18-14)7-15-11/h3-7H,14H2,1-2H3,(H,16,18)(H,17,19). The second kappa shape index (κ2) is 5.45. The molecule has 0 spiro atoms. The topological polar surface area (TPSA) is 92.9 Å². The van der Waals surface area contributed by atoms with Gasteiger partial charge in [-0.1, -0.05) is 6.07 Å². The Morgan fingerprint density at radius 3 is 2.53 bits per heavy atom. The van der Waals surface area contributed by atoms with Crippen LogP contribution in [0.4, 0.5) is 11.5 Å². The molecular formula is C13H15N5O. The predicted octanol–water partition coefficient (Wildman–Crippen LogP) is 1.63. The number of hydrazine groups is 1. The maximum absolute atomic E-state index is 11.9. The lowest BCUT2D eigenvalue weighted by molar-refractivity contribution is 0.102. The Morgan fingerprint density at radius 2 is 1.95 bits per heavy atom. The van der Waals surface area contributed by atoms with E-state index in [1.54, 1.807) is 0 Å². The van der Waals surface area contributed by atoms with E-state index in [1.165, 1.54) is 18.0 Å². The van der Waals surface area contributed by atoms with Crippen molar-refractivity contribution in [3.8, 4) is 0 Å². The molecule has 0 aliphatic heterocycles. The summed E-state index contributed by atoms with van der Waals surface area (Å²) in [5.74, 6) is 5.28. The van der Waals surface area contributed by atoms with E-state index < -0.39 is 0 Å². The summed E-state index contributed by atoms with van der Waals surface area (Å²) in [7, 11) is 0. The minimum Gasteiger partial charge on any atom is -0.321 e. The number of benzene rings is 1. The number of nitrogens with one attached hydrogen (secondary N) is 2. The van der Waals surface area contributed by atoms with Crippen molar-refractivity contribution in [1.82, 2.24) is 9.97 Å². The molecule has 98 valence electrons. The van der Waals surface area contributed by atoms with Crippen LogP contribution in [0.25, 0.3) is 0 Å². The number of carbonyl (C=O) groups excluding carboxylic acids is 1. The van der Waals surface area contributed by atoms with E-state index in [9.17, 15) is 4.79 Å². The minimum absolute atomic E-state index is 0.234. The number of nitrogen functional groups attached to an aromatic ring is 1. The third-order valence-corrected chi connectivity index (χ3v) is 2.80. The van der Waals surface area contributed by atoms with Gasteiger partial charge in [0.05, 0.1) is 12.4 Å². The lowest BCUT2D eigenvalue weighted by Crippen LogP contribution is -2.15. The first kappa shape index (κ1) is 13.0. The highest BCUT2D eigenvalue weighted by atomic mass is 16.1. The molecule has 2 rings (SSSR count). The lowest BCUT2D eigenvalue weighted by atomic mass is 10.1. The summed E-state index contributed by atoms with van der Waals surface area (Å²) in [5, 5.41) is 2.77. The number of amides is 1. The molecule has 0 atom stereocenters. The van der Waals surface area contributed by atoms with Crippen LogP contribution in [0.15, 0.2) is 30.6 Å². The number of aromatic nitrogens is 2. The molecule has 0 unspecified atom stereocenters. The van der Waals surface area contributed by atoms with Crippen molar-refractivity contribution in [3.63, 3.8) is 0 Å². The summed E-state index contributed by atoms with van der Waals surface area (Å²) in [6.07, 6.45) is 2.76. The number of nitrogens with zero attached hydrogens (tertiary/aromatic N) is 2. The van der Waals surface area contributed by atoms with Gasteiger partial charge in [0.15, 0.2) is 5.82 Å². The summed E-state index contributed by atoms with van der Waals surface area (Å²) in [4.78, 5) is 19.8. The first-order chi connectivity index (χ1) is 9.10. The normalized spacial score (nSPS) is 10.1. The number of anilines is 2. The van der Waals surface area contributed by atoms with Gasteiger partial charge in [-0.15, -0.1) is 0 Å². The van der Waals surface area contributed by atoms with Crippen LogP contribution in [-0.2, 0) is 0 Å². The third-order valence-electron chi connectivity index (χ3n) is 2.80. The molecule has 1 heterocycles. The van der Waals surface area contributed by atoms with Crippen molar-refractivity contribution in [2.24, 2.45) is 5.84 Å². The Kier molecular flexibility index (Phi) is 3.72. The lowest BCUT2D eigenvalue weighted by Gasteiger charge is -2.07. The van der Waals surface area contributed by atoms with E-state index in [0.717, 1.165) is 11.3 Å². The Balaban J connectivity index is 2.13. The molecule has 0 fully saturated rings. The van der Waals surface area contributed by atoms with Gasteiger partial charge < -0.3 is 10.7 Å². The largest absolute Gasteiger partial charge is 0.321 e. The fourth-order valence-electron chi connectivity index (χ4n) is 1.53. The number of hydrogen-bond acceptors (Lipinski definition) is 5. The zero-order valence-electron chi connectivity index (χ0n) is 10.8. The number of nitrogens with two attached hydrogens (primary N) is 1. The van der Waals surface area contributed by atoms with E-state index in [2.05, 4.69) is 20.7 Å². The number of hydrogen-bond donors (Lipinski definition) is 3. The van der Waals surface area contributed by atoms with Crippen LogP contribution in [0, 0.1) is 13.8 Å². The van der Waals surface area contributed by atoms with E-state index >= 15 is 0 Å². The van der Waals surface area contributed by atoms with E-state index in [0.29, 0.717) is 5.82 Å². The van der Waals surface area contributed by atoms with Gasteiger partial charge in [-0.25, -0.2) is 15.8 Å². The molecule has 2 aromatic rings. The Labute approximate surface area is 111 Å². The van der Waals surface area contributed by atoms with Crippen molar-refractivity contribution in [1.29, 1.82) is 0 Å². The molecule has 0 radical (unpaired) electrons. The maximum atomic E-state index is 11.9. The van der Waals surface area contributed by atoms with Crippen LogP contribution in [0.3, 0.4) is 0 Å². The average molecular weight is 257 g/mol. The van der Waals surface area contributed by atoms with Gasteiger partial charge in [0, 0.05) is 5.69 Å². The minimum atomic E-state index is -0.306. The van der Waals surface area contributed by atoms with E-state index in [4.69, 9.17) is 5.84 Å². The molecule has 6 heteroatoms. The Morgan fingerprint density at radius 1 is 1.16 bits per heavy atom. The van der Waals surface area contributed by atoms with E-state index in [1.807, 2.05) is 32.0 Å². The molecule has 0 bridgehead atoms. The second-order valence-corrected chi connectivity index (χ2v) is 4.18. The Hall–Kier alpha value is -2.47. The molecule has 0 aliphatic carbocycles. The molecule has 1 aromatic heterocycles. The monoisotopic (exact) mass is 257 g/mol. The van der Waals surface area contributed by atoms with Crippen LogP contribution >= 0.6 is 0 Å². The van der Waals surface area contributed by atoms with Crippen molar-refractivity contribution in [2.45, 2.75) is 13.8 Å². The number of carbonyl (C=O) groups is 1. The fraction of sp³-hybridized carbons (Fsp3) is 0.154. The van der Waals surface area contributed by atoms with Gasteiger partial charge in [0.25, 0.3) is 5.91 Å². The first-order valence-electron chi connectivity index (χ1n) is 5.77. The molecule has 0 saturated heterocycles.